The van der Waals surface area contributed by atoms with Crippen LogP contribution in [0.25, 0.3) is 0 Å². The molecule has 7 nitrogen and oxygen atoms in total. The minimum absolute atomic E-state index is 0.00416. The molecule has 0 aliphatic carbocycles. The van der Waals surface area contributed by atoms with Crippen molar-refractivity contribution in [3.63, 3.8) is 0 Å². The maximum absolute atomic E-state index is 12.1. The summed E-state index contributed by atoms with van der Waals surface area (Å²) in [6, 6.07) is 10.7. The lowest BCUT2D eigenvalue weighted by Crippen LogP contribution is -2.49. The fourth-order valence-electron chi connectivity index (χ4n) is 3.50. The second-order valence-electron chi connectivity index (χ2n) is 7.81. The van der Waals surface area contributed by atoms with Gasteiger partial charge in [0, 0.05) is 56.8 Å². The molecular formula is C22H32N6OS. The largest absolute Gasteiger partial charge is 0.355 e. The predicted octanol–water partition coefficient (Wildman–Crippen LogP) is 2.59. The van der Waals surface area contributed by atoms with Crippen LogP contribution in [0.5, 0.6) is 0 Å². The maximum atomic E-state index is 12.1. The van der Waals surface area contributed by atoms with Crippen molar-refractivity contribution in [2.45, 2.75) is 24.3 Å². The number of imidazole rings is 1. The summed E-state index contributed by atoms with van der Waals surface area (Å²) in [5.41, 5.74) is 0. The van der Waals surface area contributed by atoms with Crippen molar-refractivity contribution in [2.75, 3.05) is 46.0 Å². The molecule has 1 amide bonds. The summed E-state index contributed by atoms with van der Waals surface area (Å²) in [7, 11) is 3.53. The number of aliphatic imine (C=N–C) groups is 1. The first kappa shape index (κ1) is 22.2. The minimum Gasteiger partial charge on any atom is -0.355 e. The average Bonchev–Trinajstić information content (AvgIpc) is 3.29. The Kier molecular flexibility index (Phi) is 8.19. The lowest BCUT2D eigenvalue weighted by molar-refractivity contribution is -0.127. The number of guanidine groups is 1. The van der Waals surface area contributed by atoms with Gasteiger partial charge in [0.1, 0.15) is 6.54 Å². The Morgan fingerprint density at radius 2 is 2.13 bits per heavy atom. The van der Waals surface area contributed by atoms with E-state index in [1.807, 2.05) is 36.5 Å². The number of piperidine rings is 1. The van der Waals surface area contributed by atoms with Gasteiger partial charge < -0.3 is 19.7 Å². The molecule has 0 saturated carbocycles. The first-order chi connectivity index (χ1) is 14.5. The van der Waals surface area contributed by atoms with E-state index in [9.17, 15) is 4.79 Å². The van der Waals surface area contributed by atoms with Gasteiger partial charge in [-0.1, -0.05) is 25.1 Å². The molecule has 1 aliphatic rings. The van der Waals surface area contributed by atoms with Crippen LogP contribution in [0, 0.1) is 5.92 Å². The first-order valence-corrected chi connectivity index (χ1v) is 11.4. The summed E-state index contributed by atoms with van der Waals surface area (Å²) in [6.45, 7) is 5.02. The second kappa shape index (κ2) is 11.1. The Hall–Kier alpha value is -2.48. The Morgan fingerprint density at radius 3 is 2.83 bits per heavy atom. The number of hydrogen-bond acceptors (Lipinski definition) is 4. The van der Waals surface area contributed by atoms with Crippen molar-refractivity contribution in [1.82, 2.24) is 24.7 Å². The minimum atomic E-state index is 0.00416. The highest BCUT2D eigenvalue weighted by Crippen LogP contribution is 2.27. The number of likely N-dealkylation sites (tertiary alicyclic amines) is 1. The number of nitrogens with zero attached hydrogens (tertiary/aromatic N) is 5. The van der Waals surface area contributed by atoms with Crippen LogP contribution in [-0.2, 0) is 4.79 Å². The zero-order valence-electron chi connectivity index (χ0n) is 18.1. The van der Waals surface area contributed by atoms with Gasteiger partial charge in [-0.25, -0.2) is 9.98 Å². The third-order valence-corrected chi connectivity index (χ3v) is 6.40. The first-order valence-electron chi connectivity index (χ1n) is 10.4. The molecule has 1 fully saturated rings. The molecular weight excluding hydrogens is 396 g/mol. The van der Waals surface area contributed by atoms with Gasteiger partial charge >= 0.3 is 0 Å². The number of rotatable bonds is 7. The van der Waals surface area contributed by atoms with E-state index in [1.165, 1.54) is 4.90 Å². The van der Waals surface area contributed by atoms with Gasteiger partial charge in [0.2, 0.25) is 5.91 Å². The highest BCUT2D eigenvalue weighted by molar-refractivity contribution is 7.99. The lowest BCUT2D eigenvalue weighted by Gasteiger charge is -2.39. The molecule has 3 rings (SSSR count). The van der Waals surface area contributed by atoms with Crippen LogP contribution >= 0.6 is 11.8 Å². The lowest BCUT2D eigenvalue weighted by atomic mass is 9.93. The topological polar surface area (TPSA) is 65.8 Å². The van der Waals surface area contributed by atoms with Crippen molar-refractivity contribution in [3.8, 4) is 0 Å². The molecule has 2 unspecified atom stereocenters. The number of benzene rings is 1. The molecule has 1 saturated heterocycles. The smallest absolute Gasteiger partial charge is 0.243 e. The number of aromatic nitrogens is 2. The van der Waals surface area contributed by atoms with E-state index in [0.717, 1.165) is 37.8 Å². The second-order valence-corrected chi connectivity index (χ2v) is 8.97. The third-order valence-electron chi connectivity index (χ3n) is 5.39. The molecule has 0 radical (unpaired) electrons. The Morgan fingerprint density at radius 1 is 1.33 bits per heavy atom. The highest BCUT2D eigenvalue weighted by atomic mass is 32.2. The molecule has 2 atom stereocenters. The molecule has 30 heavy (non-hydrogen) atoms. The molecule has 2 aromatic rings. The van der Waals surface area contributed by atoms with Crippen LogP contribution in [-0.4, -0.2) is 77.2 Å². The van der Waals surface area contributed by atoms with E-state index in [-0.39, 0.29) is 12.5 Å². The third kappa shape index (κ3) is 6.26. The molecule has 0 bridgehead atoms. The fourth-order valence-corrected chi connectivity index (χ4v) is 4.28. The zero-order valence-corrected chi connectivity index (χ0v) is 18.9. The predicted molar refractivity (Wildman–Crippen MR) is 123 cm³/mol. The van der Waals surface area contributed by atoms with Crippen LogP contribution in [0.4, 0.5) is 0 Å². The van der Waals surface area contributed by atoms with Crippen molar-refractivity contribution in [1.29, 1.82) is 0 Å². The number of carbonyl (C=O) groups excluding carboxylic acids is 1. The van der Waals surface area contributed by atoms with Gasteiger partial charge in [-0.15, -0.1) is 11.8 Å². The molecule has 8 heteroatoms. The van der Waals surface area contributed by atoms with E-state index in [4.69, 9.17) is 0 Å². The molecule has 162 valence electrons. The molecule has 1 aromatic heterocycles. The Labute approximate surface area is 183 Å². The molecule has 0 spiro atoms. The summed E-state index contributed by atoms with van der Waals surface area (Å²) < 4.78 is 2.19. The standard InChI is InChI=1S/C22H32N6OS/c1-18-9-12-27(16-20(18)28-13-10-23-17-28)22(25-15-21(29)26(2)3)24-11-14-30-19-7-5-4-6-8-19/h4-8,10,13,17-18,20H,9,11-12,14-16H2,1-3H3,(H,24,25). The van der Waals surface area contributed by atoms with E-state index >= 15 is 0 Å². The fraction of sp³-hybridized carbons (Fsp3) is 0.500. The number of thioether (sulfide) groups is 1. The summed E-state index contributed by atoms with van der Waals surface area (Å²) in [4.78, 5) is 26.1. The monoisotopic (exact) mass is 428 g/mol. The summed E-state index contributed by atoms with van der Waals surface area (Å²) in [5.74, 6) is 2.31. The molecule has 1 N–H and O–H groups in total. The normalized spacial score (nSPS) is 19.6. The van der Waals surface area contributed by atoms with Crippen LogP contribution < -0.4 is 5.32 Å². The van der Waals surface area contributed by atoms with Crippen molar-refractivity contribution in [3.05, 3.63) is 49.1 Å². The number of amides is 1. The Balaban J connectivity index is 1.64. The summed E-state index contributed by atoms with van der Waals surface area (Å²) >= 11 is 1.81. The molecule has 1 aliphatic heterocycles. The number of likely N-dealkylation sites (N-methyl/N-ethyl adjacent to an activating group) is 1. The Bertz CT molecular complexity index is 808. The van der Waals surface area contributed by atoms with Crippen molar-refractivity contribution >= 4 is 23.6 Å². The van der Waals surface area contributed by atoms with E-state index in [0.29, 0.717) is 12.0 Å². The zero-order chi connectivity index (χ0) is 21.3. The van der Waals surface area contributed by atoms with Gasteiger partial charge in [0.05, 0.1) is 12.4 Å². The SMILES string of the molecule is CC1CCN(C(=NCC(=O)N(C)C)NCCSc2ccccc2)CC1n1ccnc1. The van der Waals surface area contributed by atoms with Crippen LogP contribution in [0.3, 0.4) is 0 Å². The van der Waals surface area contributed by atoms with Gasteiger partial charge in [-0.05, 0) is 24.5 Å². The van der Waals surface area contributed by atoms with E-state index in [1.54, 1.807) is 19.0 Å². The van der Waals surface area contributed by atoms with Gasteiger partial charge in [0.25, 0.3) is 0 Å². The number of nitrogens with one attached hydrogen (secondary N) is 1. The van der Waals surface area contributed by atoms with Crippen LogP contribution in [0.15, 0.2) is 58.9 Å². The van der Waals surface area contributed by atoms with Gasteiger partial charge in [-0.3, -0.25) is 4.79 Å². The quantitative estimate of drug-likeness (QED) is 0.318. The average molecular weight is 429 g/mol. The van der Waals surface area contributed by atoms with E-state index in [2.05, 4.69) is 55.9 Å². The van der Waals surface area contributed by atoms with Crippen molar-refractivity contribution < 1.29 is 4.79 Å². The van der Waals surface area contributed by atoms with Crippen LogP contribution in [0.2, 0.25) is 0 Å². The van der Waals surface area contributed by atoms with Crippen molar-refractivity contribution in [2.24, 2.45) is 10.9 Å². The number of carbonyl (C=O) groups is 1. The van der Waals surface area contributed by atoms with Gasteiger partial charge in [-0.2, -0.15) is 0 Å². The van der Waals surface area contributed by atoms with Crippen LogP contribution in [0.1, 0.15) is 19.4 Å². The van der Waals surface area contributed by atoms with Gasteiger partial charge in [0.15, 0.2) is 5.96 Å². The summed E-state index contributed by atoms with van der Waals surface area (Å²) in [6.07, 6.45) is 6.82. The summed E-state index contributed by atoms with van der Waals surface area (Å²) in [5, 5.41) is 3.49. The maximum Gasteiger partial charge on any atom is 0.243 e. The number of hydrogen-bond donors (Lipinski definition) is 1. The molecule has 1 aromatic carbocycles. The van der Waals surface area contributed by atoms with E-state index < -0.39 is 0 Å². The highest BCUT2D eigenvalue weighted by Gasteiger charge is 2.29. The molecule has 2 heterocycles.